The zero-order chi connectivity index (χ0) is 14.5. The van der Waals surface area contributed by atoms with Crippen LogP contribution >= 0.6 is 0 Å². The molecular weight excluding hydrogens is 232 g/mol. The number of benzene rings is 1. The van der Waals surface area contributed by atoms with Gasteiger partial charge in [0.1, 0.15) is 0 Å². The van der Waals surface area contributed by atoms with Crippen molar-refractivity contribution in [3.8, 4) is 0 Å². The second-order valence-corrected chi connectivity index (χ2v) is 7.25. The Labute approximate surface area is 118 Å². The van der Waals surface area contributed by atoms with Crippen LogP contribution in [0.5, 0.6) is 0 Å². The van der Waals surface area contributed by atoms with Crippen molar-refractivity contribution in [2.45, 2.75) is 53.0 Å². The summed E-state index contributed by atoms with van der Waals surface area (Å²) < 4.78 is 0. The molecular formula is C17H30N2. The topological polar surface area (TPSA) is 38.0 Å². The summed E-state index contributed by atoms with van der Waals surface area (Å²) in [6, 6.07) is 8.93. The van der Waals surface area contributed by atoms with E-state index in [1.54, 1.807) is 0 Å². The van der Waals surface area contributed by atoms with Crippen molar-refractivity contribution in [1.82, 2.24) is 5.32 Å². The molecule has 0 amide bonds. The molecule has 0 saturated heterocycles. The van der Waals surface area contributed by atoms with Crippen molar-refractivity contribution in [1.29, 1.82) is 0 Å². The van der Waals surface area contributed by atoms with Crippen molar-refractivity contribution in [3.05, 3.63) is 35.4 Å². The van der Waals surface area contributed by atoms with Gasteiger partial charge in [-0.1, -0.05) is 58.9 Å². The Morgan fingerprint density at radius 1 is 1.00 bits per heavy atom. The number of hydrogen-bond donors (Lipinski definition) is 2. The SMILES string of the molecule is CC(C)(CCN)CNCc1ccc(C(C)(C)C)cc1. The standard InChI is InChI=1S/C17H30N2/c1-16(2,3)15-8-6-14(7-9-15)12-19-13-17(4,5)10-11-18/h6-9,19H,10-13,18H2,1-5H3. The van der Waals surface area contributed by atoms with Gasteiger partial charge in [0.25, 0.3) is 0 Å². The summed E-state index contributed by atoms with van der Waals surface area (Å²) in [6.45, 7) is 13.9. The van der Waals surface area contributed by atoms with Gasteiger partial charge in [0, 0.05) is 13.1 Å². The molecule has 0 aliphatic rings. The fourth-order valence-electron chi connectivity index (χ4n) is 2.15. The van der Waals surface area contributed by atoms with E-state index in [0.29, 0.717) is 0 Å². The first-order chi connectivity index (χ1) is 8.74. The molecule has 0 atom stereocenters. The molecule has 3 N–H and O–H groups in total. The second kappa shape index (κ2) is 6.53. The summed E-state index contributed by atoms with van der Waals surface area (Å²) in [4.78, 5) is 0. The van der Waals surface area contributed by atoms with Crippen molar-refractivity contribution < 1.29 is 0 Å². The van der Waals surface area contributed by atoms with Gasteiger partial charge >= 0.3 is 0 Å². The molecule has 0 fully saturated rings. The quantitative estimate of drug-likeness (QED) is 0.824. The average molecular weight is 262 g/mol. The van der Waals surface area contributed by atoms with Crippen LogP contribution in [0, 0.1) is 5.41 Å². The number of rotatable bonds is 6. The number of hydrogen-bond acceptors (Lipinski definition) is 2. The van der Waals surface area contributed by atoms with E-state index in [1.807, 2.05) is 0 Å². The van der Waals surface area contributed by atoms with E-state index in [2.05, 4.69) is 64.2 Å². The van der Waals surface area contributed by atoms with E-state index in [9.17, 15) is 0 Å². The van der Waals surface area contributed by atoms with E-state index in [1.165, 1.54) is 11.1 Å². The highest BCUT2D eigenvalue weighted by Gasteiger charge is 2.16. The van der Waals surface area contributed by atoms with Gasteiger partial charge in [-0.2, -0.15) is 0 Å². The summed E-state index contributed by atoms with van der Waals surface area (Å²) in [5, 5.41) is 3.53. The molecule has 1 aromatic rings. The summed E-state index contributed by atoms with van der Waals surface area (Å²) >= 11 is 0. The number of nitrogens with two attached hydrogens (primary N) is 1. The zero-order valence-corrected chi connectivity index (χ0v) is 13.2. The summed E-state index contributed by atoms with van der Waals surface area (Å²) in [6.07, 6.45) is 1.06. The minimum absolute atomic E-state index is 0.231. The molecule has 0 bridgehead atoms. The first-order valence-corrected chi connectivity index (χ1v) is 7.25. The van der Waals surface area contributed by atoms with Gasteiger partial charge in [0.15, 0.2) is 0 Å². The van der Waals surface area contributed by atoms with Crippen LogP contribution in [-0.4, -0.2) is 13.1 Å². The van der Waals surface area contributed by atoms with Crippen molar-refractivity contribution >= 4 is 0 Å². The predicted octanol–water partition coefficient (Wildman–Crippen LogP) is 3.45. The molecule has 2 heteroatoms. The largest absolute Gasteiger partial charge is 0.330 e. The molecule has 108 valence electrons. The van der Waals surface area contributed by atoms with Crippen molar-refractivity contribution in [3.63, 3.8) is 0 Å². The highest BCUT2D eigenvalue weighted by atomic mass is 14.9. The minimum Gasteiger partial charge on any atom is -0.330 e. The molecule has 0 radical (unpaired) electrons. The Hall–Kier alpha value is -0.860. The maximum absolute atomic E-state index is 5.63. The third-order valence-electron chi connectivity index (χ3n) is 3.57. The monoisotopic (exact) mass is 262 g/mol. The van der Waals surface area contributed by atoms with E-state index in [-0.39, 0.29) is 10.8 Å². The smallest absolute Gasteiger partial charge is 0.0205 e. The number of nitrogens with one attached hydrogen (secondary N) is 1. The average Bonchev–Trinajstić information content (AvgIpc) is 2.28. The molecule has 0 spiro atoms. The Bertz CT molecular complexity index is 371. The van der Waals surface area contributed by atoms with E-state index >= 15 is 0 Å². The molecule has 0 aromatic heterocycles. The molecule has 19 heavy (non-hydrogen) atoms. The zero-order valence-electron chi connectivity index (χ0n) is 13.2. The lowest BCUT2D eigenvalue weighted by atomic mass is 9.86. The van der Waals surface area contributed by atoms with Gasteiger partial charge < -0.3 is 11.1 Å². The molecule has 0 aliphatic heterocycles. The fraction of sp³-hybridized carbons (Fsp3) is 0.647. The maximum Gasteiger partial charge on any atom is 0.0205 e. The van der Waals surface area contributed by atoms with Crippen LogP contribution in [-0.2, 0) is 12.0 Å². The molecule has 0 aliphatic carbocycles. The summed E-state index contributed by atoms with van der Waals surface area (Å²) in [5.74, 6) is 0. The molecule has 0 unspecified atom stereocenters. The van der Waals surface area contributed by atoms with Gasteiger partial charge in [-0.3, -0.25) is 0 Å². The normalized spacial score (nSPS) is 12.7. The summed E-state index contributed by atoms with van der Waals surface area (Å²) in [5.41, 5.74) is 8.87. The van der Waals surface area contributed by atoms with Gasteiger partial charge in [0.2, 0.25) is 0 Å². The Morgan fingerprint density at radius 2 is 1.58 bits per heavy atom. The first kappa shape index (κ1) is 16.2. The van der Waals surface area contributed by atoms with Crippen LogP contribution < -0.4 is 11.1 Å². The highest BCUT2D eigenvalue weighted by molar-refractivity contribution is 5.27. The minimum atomic E-state index is 0.231. The van der Waals surface area contributed by atoms with E-state index in [0.717, 1.165) is 26.1 Å². The van der Waals surface area contributed by atoms with Crippen LogP contribution in [0.25, 0.3) is 0 Å². The maximum atomic E-state index is 5.63. The molecule has 1 aromatic carbocycles. The molecule has 2 nitrogen and oxygen atoms in total. The van der Waals surface area contributed by atoms with Crippen LogP contribution in [0.4, 0.5) is 0 Å². The Morgan fingerprint density at radius 3 is 2.05 bits per heavy atom. The molecule has 1 rings (SSSR count). The lowest BCUT2D eigenvalue weighted by molar-refractivity contribution is 0.319. The third kappa shape index (κ3) is 5.75. The fourth-order valence-corrected chi connectivity index (χ4v) is 2.15. The second-order valence-electron chi connectivity index (χ2n) is 7.25. The Balaban J connectivity index is 2.47. The highest BCUT2D eigenvalue weighted by Crippen LogP contribution is 2.22. The van der Waals surface area contributed by atoms with Crippen LogP contribution in [0.2, 0.25) is 0 Å². The lowest BCUT2D eigenvalue weighted by Gasteiger charge is -2.24. The predicted molar refractivity (Wildman–Crippen MR) is 84.3 cm³/mol. The Kier molecular flexibility index (Phi) is 5.57. The van der Waals surface area contributed by atoms with E-state index < -0.39 is 0 Å². The van der Waals surface area contributed by atoms with Crippen LogP contribution in [0.3, 0.4) is 0 Å². The third-order valence-corrected chi connectivity index (χ3v) is 3.57. The van der Waals surface area contributed by atoms with E-state index in [4.69, 9.17) is 5.73 Å². The van der Waals surface area contributed by atoms with Gasteiger partial charge in [-0.15, -0.1) is 0 Å². The lowest BCUT2D eigenvalue weighted by Crippen LogP contribution is -2.31. The van der Waals surface area contributed by atoms with Crippen LogP contribution in [0.15, 0.2) is 24.3 Å². The van der Waals surface area contributed by atoms with Crippen molar-refractivity contribution in [2.24, 2.45) is 11.1 Å². The van der Waals surface area contributed by atoms with Gasteiger partial charge in [0.05, 0.1) is 0 Å². The van der Waals surface area contributed by atoms with Gasteiger partial charge in [-0.25, -0.2) is 0 Å². The summed E-state index contributed by atoms with van der Waals surface area (Å²) in [7, 11) is 0. The van der Waals surface area contributed by atoms with Gasteiger partial charge in [-0.05, 0) is 34.9 Å². The van der Waals surface area contributed by atoms with Crippen molar-refractivity contribution in [2.75, 3.05) is 13.1 Å². The molecule has 0 heterocycles. The first-order valence-electron chi connectivity index (χ1n) is 7.25. The van der Waals surface area contributed by atoms with Crippen LogP contribution in [0.1, 0.15) is 52.2 Å². The molecule has 0 saturated carbocycles.